The first-order chi connectivity index (χ1) is 14.7. The minimum absolute atomic E-state index is 0.734. The topological polar surface area (TPSA) is 9.23 Å². The fourth-order valence-corrected chi connectivity index (χ4v) is 5.55. The van der Waals surface area contributed by atoms with Crippen molar-refractivity contribution < 1.29 is 4.74 Å². The van der Waals surface area contributed by atoms with Gasteiger partial charge in [-0.2, -0.15) is 0 Å². The molecule has 2 aliphatic carbocycles. The van der Waals surface area contributed by atoms with Gasteiger partial charge in [-0.1, -0.05) is 75.2 Å². The summed E-state index contributed by atoms with van der Waals surface area (Å²) in [5.41, 5.74) is 5.78. The lowest BCUT2D eigenvalue weighted by Crippen LogP contribution is -2.18. The Bertz CT molecular complexity index is 744. The highest BCUT2D eigenvalue weighted by atomic mass is 16.5. The molecule has 0 bridgehead atoms. The van der Waals surface area contributed by atoms with Crippen molar-refractivity contribution in [1.29, 1.82) is 0 Å². The predicted molar refractivity (Wildman–Crippen MR) is 128 cm³/mol. The van der Waals surface area contributed by atoms with Crippen molar-refractivity contribution in [3.63, 3.8) is 0 Å². The van der Waals surface area contributed by atoms with Gasteiger partial charge in [-0.25, -0.2) is 0 Å². The van der Waals surface area contributed by atoms with E-state index in [1.807, 2.05) is 0 Å². The van der Waals surface area contributed by atoms with Gasteiger partial charge in [-0.05, 0) is 90.9 Å². The lowest BCUT2D eigenvalue weighted by Gasteiger charge is -2.28. The molecule has 0 radical (unpaired) electrons. The summed E-state index contributed by atoms with van der Waals surface area (Å²) in [6.07, 6.45) is 11.9. The van der Waals surface area contributed by atoms with Crippen LogP contribution >= 0.6 is 0 Å². The molecule has 0 saturated heterocycles. The van der Waals surface area contributed by atoms with E-state index in [4.69, 9.17) is 4.74 Å². The normalized spacial score (nSPS) is 27.1. The first-order valence-electron chi connectivity index (χ1n) is 12.5. The van der Waals surface area contributed by atoms with Crippen LogP contribution in [0.3, 0.4) is 0 Å². The molecule has 1 heteroatoms. The van der Waals surface area contributed by atoms with E-state index in [1.54, 1.807) is 5.56 Å². The Morgan fingerprint density at radius 3 is 1.60 bits per heavy atom. The molecule has 30 heavy (non-hydrogen) atoms. The predicted octanol–water partition coefficient (Wildman–Crippen LogP) is 8.35. The molecule has 2 aliphatic rings. The molecular weight excluding hydrogens is 364 g/mol. The van der Waals surface area contributed by atoms with Gasteiger partial charge in [0.1, 0.15) is 0 Å². The summed E-state index contributed by atoms with van der Waals surface area (Å²) in [5.74, 6) is 3.21. The quantitative estimate of drug-likeness (QED) is 0.421. The van der Waals surface area contributed by atoms with Crippen molar-refractivity contribution in [2.45, 2.75) is 83.5 Å². The van der Waals surface area contributed by atoms with Crippen LogP contribution in [0.1, 0.15) is 94.6 Å². The van der Waals surface area contributed by atoms with E-state index in [-0.39, 0.29) is 0 Å². The molecule has 0 aromatic heterocycles. The van der Waals surface area contributed by atoms with Gasteiger partial charge in [0.25, 0.3) is 0 Å². The molecular formula is C29H40O. The molecule has 0 atom stereocenters. The fourth-order valence-electron chi connectivity index (χ4n) is 5.55. The Hall–Kier alpha value is -1.60. The van der Waals surface area contributed by atoms with Crippen molar-refractivity contribution in [3.05, 3.63) is 59.7 Å². The molecule has 1 nitrogen and oxygen atoms in total. The number of ether oxygens (including phenoxy) is 1. The van der Waals surface area contributed by atoms with Crippen molar-refractivity contribution >= 4 is 0 Å². The number of rotatable bonds is 7. The van der Waals surface area contributed by atoms with Crippen LogP contribution in [0.25, 0.3) is 11.1 Å². The van der Waals surface area contributed by atoms with Crippen molar-refractivity contribution in [3.8, 4) is 11.1 Å². The van der Waals surface area contributed by atoms with E-state index in [9.17, 15) is 0 Å². The highest BCUT2D eigenvalue weighted by Crippen LogP contribution is 2.38. The molecule has 0 unspecified atom stereocenters. The van der Waals surface area contributed by atoms with Gasteiger partial charge in [-0.15, -0.1) is 0 Å². The summed E-state index contributed by atoms with van der Waals surface area (Å²) in [4.78, 5) is 0. The SMILES string of the molecule is CCCOCC1CCC(c2ccc(-c3ccc(C4CCC(C)CC4)cc3)cc2)CC1. The maximum absolute atomic E-state index is 5.78. The second-order valence-electron chi connectivity index (χ2n) is 9.99. The standard InChI is InChI=1S/C29H40O/c1-3-20-30-21-23-6-10-25(11-7-23)27-14-18-29(19-15-27)28-16-12-26(13-17-28)24-8-4-22(2)5-9-24/h12-19,22-25H,3-11,20-21H2,1-2H3. The van der Waals surface area contributed by atoms with E-state index in [0.29, 0.717) is 0 Å². The third-order valence-electron chi connectivity index (χ3n) is 7.66. The summed E-state index contributed by atoms with van der Waals surface area (Å²) >= 11 is 0. The third kappa shape index (κ3) is 5.55. The van der Waals surface area contributed by atoms with Crippen LogP contribution in [0.4, 0.5) is 0 Å². The van der Waals surface area contributed by atoms with Gasteiger partial charge in [0.15, 0.2) is 0 Å². The van der Waals surface area contributed by atoms with Gasteiger partial charge in [-0.3, -0.25) is 0 Å². The number of hydrogen-bond acceptors (Lipinski definition) is 1. The Balaban J connectivity index is 1.31. The highest BCUT2D eigenvalue weighted by Gasteiger charge is 2.23. The fraction of sp³-hybridized carbons (Fsp3) is 0.586. The summed E-state index contributed by atoms with van der Waals surface area (Å²) in [5, 5.41) is 0. The molecule has 2 aromatic carbocycles. The van der Waals surface area contributed by atoms with Gasteiger partial charge >= 0.3 is 0 Å². The lowest BCUT2D eigenvalue weighted by molar-refractivity contribution is 0.0832. The molecule has 0 N–H and O–H groups in total. The van der Waals surface area contributed by atoms with Crippen molar-refractivity contribution in [2.75, 3.05) is 13.2 Å². The summed E-state index contributed by atoms with van der Waals surface area (Å²) in [6.45, 7) is 6.47. The van der Waals surface area contributed by atoms with Crippen molar-refractivity contribution in [2.24, 2.45) is 11.8 Å². The molecule has 2 aromatic rings. The zero-order chi connectivity index (χ0) is 20.8. The first kappa shape index (κ1) is 21.6. The van der Waals surface area contributed by atoms with E-state index >= 15 is 0 Å². The summed E-state index contributed by atoms with van der Waals surface area (Å²) in [6, 6.07) is 18.9. The Labute approximate surface area is 184 Å². The highest BCUT2D eigenvalue weighted by molar-refractivity contribution is 5.64. The molecule has 0 amide bonds. The lowest BCUT2D eigenvalue weighted by atomic mass is 9.78. The number of hydrogen-bond donors (Lipinski definition) is 0. The van der Waals surface area contributed by atoms with Gasteiger partial charge in [0.05, 0.1) is 0 Å². The van der Waals surface area contributed by atoms with E-state index < -0.39 is 0 Å². The Morgan fingerprint density at radius 1 is 0.667 bits per heavy atom. The van der Waals surface area contributed by atoms with E-state index in [0.717, 1.165) is 43.3 Å². The molecule has 4 rings (SSSR count). The molecule has 162 valence electrons. The molecule has 2 saturated carbocycles. The van der Waals surface area contributed by atoms with Crippen LogP contribution < -0.4 is 0 Å². The number of benzene rings is 2. The average molecular weight is 405 g/mol. The summed E-state index contributed by atoms with van der Waals surface area (Å²) in [7, 11) is 0. The summed E-state index contributed by atoms with van der Waals surface area (Å²) < 4.78 is 5.78. The zero-order valence-electron chi connectivity index (χ0n) is 19.1. The van der Waals surface area contributed by atoms with Crippen LogP contribution in [0, 0.1) is 11.8 Å². The third-order valence-corrected chi connectivity index (χ3v) is 7.66. The maximum Gasteiger partial charge on any atom is 0.0494 e. The minimum Gasteiger partial charge on any atom is -0.381 e. The van der Waals surface area contributed by atoms with Crippen LogP contribution in [-0.2, 0) is 4.74 Å². The van der Waals surface area contributed by atoms with Crippen molar-refractivity contribution in [1.82, 2.24) is 0 Å². The molecule has 2 fully saturated rings. The largest absolute Gasteiger partial charge is 0.381 e. The zero-order valence-corrected chi connectivity index (χ0v) is 19.1. The minimum atomic E-state index is 0.734. The second kappa shape index (κ2) is 10.6. The maximum atomic E-state index is 5.78. The van der Waals surface area contributed by atoms with E-state index in [2.05, 4.69) is 62.4 Å². The molecule has 0 heterocycles. The van der Waals surface area contributed by atoms with Gasteiger partial charge < -0.3 is 4.74 Å². The molecule has 0 spiro atoms. The monoisotopic (exact) mass is 404 g/mol. The van der Waals surface area contributed by atoms with Crippen LogP contribution in [0.5, 0.6) is 0 Å². The van der Waals surface area contributed by atoms with Gasteiger partial charge in [0.2, 0.25) is 0 Å². The van der Waals surface area contributed by atoms with Gasteiger partial charge in [0, 0.05) is 13.2 Å². The van der Waals surface area contributed by atoms with Crippen LogP contribution in [0.2, 0.25) is 0 Å². The smallest absolute Gasteiger partial charge is 0.0494 e. The Morgan fingerprint density at radius 2 is 1.13 bits per heavy atom. The molecule has 0 aliphatic heterocycles. The van der Waals surface area contributed by atoms with Crippen LogP contribution in [0.15, 0.2) is 48.5 Å². The Kier molecular flexibility index (Phi) is 7.66. The van der Waals surface area contributed by atoms with E-state index in [1.165, 1.54) is 68.1 Å². The average Bonchev–Trinajstić information content (AvgIpc) is 2.81. The second-order valence-corrected chi connectivity index (χ2v) is 9.99. The van der Waals surface area contributed by atoms with Crippen LogP contribution in [-0.4, -0.2) is 13.2 Å². The first-order valence-corrected chi connectivity index (χ1v) is 12.5.